The van der Waals surface area contributed by atoms with E-state index in [0.29, 0.717) is 17.5 Å². The van der Waals surface area contributed by atoms with Gasteiger partial charge in [-0.05, 0) is 69.3 Å². The van der Waals surface area contributed by atoms with E-state index in [9.17, 15) is 0 Å². The van der Waals surface area contributed by atoms with Gasteiger partial charge in [-0.2, -0.15) is 0 Å². The third-order valence-corrected chi connectivity index (χ3v) is 11.9. The van der Waals surface area contributed by atoms with Crippen molar-refractivity contribution in [3.05, 3.63) is 186 Å². The Kier molecular flexibility index (Phi) is 6.51. The molecule has 0 fully saturated rings. The molecule has 2 aromatic heterocycles. The van der Waals surface area contributed by atoms with Crippen LogP contribution in [-0.4, -0.2) is 15.0 Å². The van der Waals surface area contributed by atoms with Gasteiger partial charge in [0.2, 0.25) is 0 Å². The summed E-state index contributed by atoms with van der Waals surface area (Å²) in [5.41, 5.74) is 10.7. The van der Waals surface area contributed by atoms with E-state index in [2.05, 4.69) is 103 Å². The fourth-order valence-electron chi connectivity index (χ4n) is 7.54. The summed E-state index contributed by atoms with van der Waals surface area (Å²) < 4.78 is 0. The standard InChI is InChI=1S/C44H27N3S2/c1-3-13-28(14-4-1)41-45-42(29-15-5-2-6-16-29)47-43(46-41)40-26-25-37(48-40)30-23-24-39-36(27-30)44(35-21-11-12-22-38(35)49-39)33-19-9-7-17-31(33)32-18-8-10-20-34(32)44/h1-27H. The zero-order valence-electron chi connectivity index (χ0n) is 26.2. The number of aromatic nitrogens is 3. The van der Waals surface area contributed by atoms with Gasteiger partial charge in [-0.3, -0.25) is 0 Å². The van der Waals surface area contributed by atoms with Crippen molar-refractivity contribution in [3.63, 3.8) is 0 Å². The maximum Gasteiger partial charge on any atom is 0.174 e. The van der Waals surface area contributed by atoms with Crippen LogP contribution in [0.3, 0.4) is 0 Å². The molecule has 230 valence electrons. The molecule has 0 saturated heterocycles. The predicted octanol–water partition coefficient (Wildman–Crippen LogP) is 11.4. The Morgan fingerprint density at radius 2 is 0.878 bits per heavy atom. The molecule has 0 saturated carbocycles. The lowest BCUT2D eigenvalue weighted by atomic mass is 9.67. The van der Waals surface area contributed by atoms with Crippen LogP contribution >= 0.6 is 23.1 Å². The number of fused-ring (bicyclic) bond motifs is 9. The van der Waals surface area contributed by atoms with Crippen LogP contribution in [0.4, 0.5) is 0 Å². The third kappa shape index (κ3) is 4.40. The number of benzene rings is 6. The van der Waals surface area contributed by atoms with Crippen molar-refractivity contribution in [1.82, 2.24) is 15.0 Å². The van der Waals surface area contributed by atoms with E-state index in [1.54, 1.807) is 11.3 Å². The highest BCUT2D eigenvalue weighted by Gasteiger charge is 2.50. The van der Waals surface area contributed by atoms with Crippen molar-refractivity contribution in [2.24, 2.45) is 0 Å². The molecule has 0 N–H and O–H groups in total. The smallest absolute Gasteiger partial charge is 0.174 e. The van der Waals surface area contributed by atoms with Gasteiger partial charge in [0, 0.05) is 25.8 Å². The summed E-state index contributed by atoms with van der Waals surface area (Å²) in [6, 6.07) is 58.6. The molecule has 0 atom stereocenters. The number of hydrogen-bond donors (Lipinski definition) is 0. The first-order chi connectivity index (χ1) is 24.3. The first-order valence-electron chi connectivity index (χ1n) is 16.4. The molecule has 1 aliphatic carbocycles. The van der Waals surface area contributed by atoms with E-state index in [4.69, 9.17) is 15.0 Å². The summed E-state index contributed by atoms with van der Waals surface area (Å²) in [5.74, 6) is 2.02. The lowest BCUT2D eigenvalue weighted by Gasteiger charge is -2.39. The lowest BCUT2D eigenvalue weighted by molar-refractivity contribution is 0.723. The van der Waals surface area contributed by atoms with Crippen LogP contribution in [0.1, 0.15) is 22.3 Å². The Labute approximate surface area is 293 Å². The monoisotopic (exact) mass is 661 g/mol. The molecule has 8 aromatic rings. The van der Waals surface area contributed by atoms with E-state index in [1.165, 1.54) is 53.6 Å². The molecule has 3 nitrogen and oxygen atoms in total. The minimum atomic E-state index is -0.399. The highest BCUT2D eigenvalue weighted by Crippen LogP contribution is 2.62. The van der Waals surface area contributed by atoms with Crippen LogP contribution in [0.5, 0.6) is 0 Å². The minimum absolute atomic E-state index is 0.399. The highest BCUT2D eigenvalue weighted by molar-refractivity contribution is 7.99. The Balaban J connectivity index is 1.14. The lowest BCUT2D eigenvalue weighted by Crippen LogP contribution is -2.32. The summed E-state index contributed by atoms with van der Waals surface area (Å²) in [4.78, 5) is 19.7. The zero-order valence-corrected chi connectivity index (χ0v) is 27.9. The zero-order chi connectivity index (χ0) is 32.4. The Morgan fingerprint density at radius 3 is 1.53 bits per heavy atom. The molecule has 6 aromatic carbocycles. The van der Waals surface area contributed by atoms with Gasteiger partial charge >= 0.3 is 0 Å². The first kappa shape index (κ1) is 28.4. The minimum Gasteiger partial charge on any atom is -0.208 e. The van der Waals surface area contributed by atoms with Gasteiger partial charge in [-0.15, -0.1) is 11.3 Å². The van der Waals surface area contributed by atoms with Crippen LogP contribution in [0.15, 0.2) is 174 Å². The van der Waals surface area contributed by atoms with Gasteiger partial charge < -0.3 is 0 Å². The molecule has 0 radical (unpaired) electrons. The molecule has 0 bridgehead atoms. The third-order valence-electron chi connectivity index (χ3n) is 9.66. The van der Waals surface area contributed by atoms with Crippen molar-refractivity contribution < 1.29 is 0 Å². The van der Waals surface area contributed by atoms with E-state index in [-0.39, 0.29) is 0 Å². The van der Waals surface area contributed by atoms with Crippen molar-refractivity contribution in [2.75, 3.05) is 0 Å². The molecule has 3 heterocycles. The van der Waals surface area contributed by atoms with Gasteiger partial charge in [-0.25, -0.2) is 15.0 Å². The van der Waals surface area contributed by atoms with Crippen molar-refractivity contribution in [3.8, 4) is 55.0 Å². The van der Waals surface area contributed by atoms with E-state index >= 15 is 0 Å². The second-order valence-corrected chi connectivity index (χ2v) is 14.5. The van der Waals surface area contributed by atoms with Crippen LogP contribution in [0.25, 0.3) is 55.0 Å². The van der Waals surface area contributed by atoms with Gasteiger partial charge in [-0.1, -0.05) is 145 Å². The Morgan fingerprint density at radius 1 is 0.367 bits per heavy atom. The van der Waals surface area contributed by atoms with Crippen LogP contribution in [0.2, 0.25) is 0 Å². The number of nitrogens with zero attached hydrogens (tertiary/aromatic N) is 3. The summed E-state index contributed by atoms with van der Waals surface area (Å²) in [6.45, 7) is 0. The summed E-state index contributed by atoms with van der Waals surface area (Å²) in [5, 5.41) is 0. The maximum absolute atomic E-state index is 4.99. The number of thiophene rings is 1. The Hall–Kier alpha value is -5.62. The fraction of sp³-hybridized carbons (Fsp3) is 0.0227. The van der Waals surface area contributed by atoms with Gasteiger partial charge in [0.25, 0.3) is 0 Å². The molecular weight excluding hydrogens is 635 g/mol. The molecule has 1 aliphatic heterocycles. The quantitative estimate of drug-likeness (QED) is 0.188. The topological polar surface area (TPSA) is 38.7 Å². The van der Waals surface area contributed by atoms with E-state index in [1.807, 2.05) is 72.4 Å². The molecule has 5 heteroatoms. The van der Waals surface area contributed by atoms with Crippen LogP contribution < -0.4 is 0 Å². The highest BCUT2D eigenvalue weighted by atomic mass is 32.2. The number of hydrogen-bond acceptors (Lipinski definition) is 5. The van der Waals surface area contributed by atoms with E-state index < -0.39 is 5.41 Å². The SMILES string of the molecule is c1ccc(-c2nc(-c3ccccc3)nc(-c3ccc(-c4ccc5c(c4)C4(c6ccccc6S5)c5ccccc5-c5ccccc54)s3)n2)cc1. The van der Waals surface area contributed by atoms with Crippen LogP contribution in [-0.2, 0) is 5.41 Å². The van der Waals surface area contributed by atoms with Crippen molar-refractivity contribution in [1.29, 1.82) is 0 Å². The average Bonchev–Trinajstić information content (AvgIpc) is 3.79. The molecule has 2 aliphatic rings. The molecule has 0 amide bonds. The summed E-state index contributed by atoms with van der Waals surface area (Å²) in [7, 11) is 0. The van der Waals surface area contributed by atoms with Crippen molar-refractivity contribution >= 4 is 23.1 Å². The molecular formula is C44H27N3S2. The van der Waals surface area contributed by atoms with Crippen molar-refractivity contribution in [2.45, 2.75) is 15.2 Å². The van der Waals surface area contributed by atoms with E-state index in [0.717, 1.165) is 16.0 Å². The Bertz CT molecular complexity index is 2440. The first-order valence-corrected chi connectivity index (χ1v) is 18.0. The number of rotatable bonds is 4. The van der Waals surface area contributed by atoms with Gasteiger partial charge in [0.1, 0.15) is 0 Å². The summed E-state index contributed by atoms with van der Waals surface area (Å²) >= 11 is 3.60. The normalized spacial score (nSPS) is 13.4. The molecule has 49 heavy (non-hydrogen) atoms. The molecule has 10 rings (SSSR count). The van der Waals surface area contributed by atoms with Crippen LogP contribution in [0, 0.1) is 0 Å². The second-order valence-electron chi connectivity index (χ2n) is 12.4. The molecule has 1 spiro atoms. The summed E-state index contributed by atoms with van der Waals surface area (Å²) in [6.07, 6.45) is 0. The largest absolute Gasteiger partial charge is 0.208 e. The average molecular weight is 662 g/mol. The second kappa shape index (κ2) is 11.2. The predicted molar refractivity (Wildman–Crippen MR) is 201 cm³/mol. The molecule has 0 unspecified atom stereocenters. The fourth-order valence-corrected chi connectivity index (χ4v) is 9.65. The van der Waals surface area contributed by atoms with Gasteiger partial charge in [0.15, 0.2) is 17.5 Å². The maximum atomic E-state index is 4.99. The van der Waals surface area contributed by atoms with Gasteiger partial charge in [0.05, 0.1) is 10.3 Å².